The Balaban J connectivity index is 4.55. The molecule has 3 N–H and O–H groups in total. The lowest BCUT2D eigenvalue weighted by Gasteiger charge is -2.29. The van der Waals surface area contributed by atoms with Gasteiger partial charge in [0.2, 0.25) is 0 Å². The van der Waals surface area contributed by atoms with Crippen LogP contribution in [0.2, 0.25) is 0 Å². The first-order chi connectivity index (χ1) is 19.2. The highest BCUT2D eigenvalue weighted by Gasteiger charge is 2.31. The summed E-state index contributed by atoms with van der Waals surface area (Å²) in [5.74, 6) is 2.22. The summed E-state index contributed by atoms with van der Waals surface area (Å²) >= 11 is 4.29. The molecule has 0 aromatic carbocycles. The van der Waals surface area contributed by atoms with Crippen molar-refractivity contribution in [3.05, 3.63) is 0 Å². The molecule has 0 unspecified atom stereocenters. The summed E-state index contributed by atoms with van der Waals surface area (Å²) in [6.07, 6.45) is 1.74. The van der Waals surface area contributed by atoms with E-state index in [9.17, 15) is 19.2 Å². The number of ether oxygens (including phenoxy) is 4. The Morgan fingerprint density at radius 2 is 1.15 bits per heavy atom. The molecule has 0 aliphatic carbocycles. The van der Waals surface area contributed by atoms with Crippen molar-refractivity contribution in [2.45, 2.75) is 58.4 Å². The zero-order valence-electron chi connectivity index (χ0n) is 24.0. The van der Waals surface area contributed by atoms with Gasteiger partial charge in [0.05, 0.1) is 39.1 Å². The van der Waals surface area contributed by atoms with Crippen molar-refractivity contribution in [3.8, 4) is 0 Å². The van der Waals surface area contributed by atoms with E-state index < -0.39 is 23.6 Å². The lowest BCUT2D eigenvalue weighted by Crippen LogP contribution is -2.53. The SMILES string of the molecule is CCC(CC)COC(=O)CCSCCOC(=O)NC(C)(COC(=O)CCSCCO)COC(=O)CCSCCO. The van der Waals surface area contributed by atoms with Crippen LogP contribution in [0.4, 0.5) is 4.79 Å². The van der Waals surface area contributed by atoms with Crippen molar-refractivity contribution in [1.82, 2.24) is 5.32 Å². The highest BCUT2D eigenvalue weighted by Crippen LogP contribution is 2.12. The van der Waals surface area contributed by atoms with Crippen molar-refractivity contribution >= 4 is 59.3 Å². The molecule has 0 saturated heterocycles. The summed E-state index contributed by atoms with van der Waals surface area (Å²) in [6, 6.07) is 0. The molecule has 0 saturated carbocycles. The van der Waals surface area contributed by atoms with E-state index in [1.54, 1.807) is 6.92 Å². The number of carbonyl (C=O) groups is 4. The molecule has 0 bridgehead atoms. The fraction of sp³-hybridized carbons (Fsp3) is 0.846. The lowest BCUT2D eigenvalue weighted by molar-refractivity contribution is -0.150. The second kappa shape index (κ2) is 25.4. The molecule has 14 heteroatoms. The van der Waals surface area contributed by atoms with Crippen LogP contribution in [-0.4, -0.2) is 114 Å². The Hall–Kier alpha value is -1.35. The maximum Gasteiger partial charge on any atom is 0.407 e. The van der Waals surface area contributed by atoms with Gasteiger partial charge in [0, 0.05) is 34.5 Å². The van der Waals surface area contributed by atoms with Crippen LogP contribution in [0, 0.1) is 5.92 Å². The predicted octanol–water partition coefficient (Wildman–Crippen LogP) is 2.89. The third kappa shape index (κ3) is 22.4. The van der Waals surface area contributed by atoms with Gasteiger partial charge in [-0.3, -0.25) is 14.4 Å². The van der Waals surface area contributed by atoms with Crippen molar-refractivity contribution in [2.75, 3.05) is 74.2 Å². The number of carbonyl (C=O) groups excluding carboxylic acids is 4. The molecular formula is C26H47NO10S3. The van der Waals surface area contributed by atoms with Crippen LogP contribution < -0.4 is 5.32 Å². The molecule has 0 aromatic heterocycles. The summed E-state index contributed by atoms with van der Waals surface area (Å²) in [6.45, 7) is 5.84. The third-order valence-electron chi connectivity index (χ3n) is 5.43. The number of nitrogens with one attached hydrogen (secondary N) is 1. The minimum Gasteiger partial charge on any atom is -0.465 e. The Morgan fingerprint density at radius 1 is 0.700 bits per heavy atom. The minimum absolute atomic E-state index is 0.0250. The normalized spacial score (nSPS) is 11.2. The van der Waals surface area contributed by atoms with Gasteiger partial charge in [-0.15, -0.1) is 0 Å². The number of rotatable bonds is 25. The topological polar surface area (TPSA) is 158 Å². The van der Waals surface area contributed by atoms with E-state index in [0.29, 0.717) is 47.0 Å². The van der Waals surface area contributed by atoms with Gasteiger partial charge in [-0.1, -0.05) is 26.7 Å². The molecule has 0 aliphatic rings. The number of hydrogen-bond donors (Lipinski definition) is 3. The summed E-state index contributed by atoms with van der Waals surface area (Å²) in [5.41, 5.74) is -1.22. The van der Waals surface area contributed by atoms with Gasteiger partial charge in [0.1, 0.15) is 25.4 Å². The van der Waals surface area contributed by atoms with Gasteiger partial charge in [0.25, 0.3) is 0 Å². The molecule has 11 nitrogen and oxygen atoms in total. The zero-order chi connectivity index (χ0) is 30.1. The van der Waals surface area contributed by atoms with Crippen LogP contribution in [0.1, 0.15) is 52.9 Å². The lowest BCUT2D eigenvalue weighted by atomic mass is 10.1. The Bertz CT molecular complexity index is 682. The number of aliphatic hydroxyl groups is 2. The number of hydrogen-bond acceptors (Lipinski definition) is 13. The first-order valence-electron chi connectivity index (χ1n) is 13.6. The minimum atomic E-state index is -1.22. The Kier molecular flexibility index (Phi) is 24.5. The van der Waals surface area contributed by atoms with E-state index in [1.807, 2.05) is 0 Å². The fourth-order valence-electron chi connectivity index (χ4n) is 2.92. The maximum atomic E-state index is 12.4. The molecule has 0 rings (SSSR count). The van der Waals surface area contributed by atoms with E-state index in [1.165, 1.54) is 35.3 Å². The number of esters is 3. The molecule has 0 radical (unpaired) electrons. The highest BCUT2D eigenvalue weighted by molar-refractivity contribution is 7.99. The maximum absolute atomic E-state index is 12.4. The summed E-state index contributed by atoms with van der Waals surface area (Å²) in [5, 5.41) is 20.3. The van der Waals surface area contributed by atoms with Gasteiger partial charge in [-0.05, 0) is 12.8 Å². The average Bonchev–Trinajstić information content (AvgIpc) is 2.93. The van der Waals surface area contributed by atoms with Crippen molar-refractivity contribution in [1.29, 1.82) is 0 Å². The summed E-state index contributed by atoms with van der Waals surface area (Å²) in [7, 11) is 0. The molecule has 234 valence electrons. The van der Waals surface area contributed by atoms with Crippen molar-refractivity contribution < 1.29 is 48.3 Å². The summed E-state index contributed by atoms with van der Waals surface area (Å²) < 4.78 is 21.1. The predicted molar refractivity (Wildman–Crippen MR) is 160 cm³/mol. The molecule has 0 spiro atoms. The van der Waals surface area contributed by atoms with Crippen molar-refractivity contribution in [2.24, 2.45) is 5.92 Å². The van der Waals surface area contributed by atoms with Crippen LogP contribution in [0.15, 0.2) is 0 Å². The quantitative estimate of drug-likeness (QED) is 0.0770. The average molecular weight is 630 g/mol. The van der Waals surface area contributed by atoms with E-state index in [-0.39, 0.29) is 58.3 Å². The second-order valence-corrected chi connectivity index (χ2v) is 12.7. The Morgan fingerprint density at radius 3 is 1.60 bits per heavy atom. The first-order valence-corrected chi connectivity index (χ1v) is 17.0. The van der Waals surface area contributed by atoms with Gasteiger partial charge in [0.15, 0.2) is 0 Å². The molecule has 40 heavy (non-hydrogen) atoms. The molecule has 0 fully saturated rings. The van der Waals surface area contributed by atoms with Gasteiger partial charge < -0.3 is 34.5 Å². The Labute approximate surface area is 250 Å². The van der Waals surface area contributed by atoms with Crippen LogP contribution >= 0.6 is 35.3 Å². The highest BCUT2D eigenvalue weighted by atomic mass is 32.2. The molecule has 1 amide bonds. The van der Waals surface area contributed by atoms with E-state index in [2.05, 4.69) is 19.2 Å². The smallest absolute Gasteiger partial charge is 0.407 e. The fourth-order valence-corrected chi connectivity index (χ4v) is 4.93. The standard InChI is InChI=1S/C26H47NO10S3/c1-4-21(5-2)18-35-22(30)6-14-40-17-11-34-25(33)27-26(3,19-36-23(31)7-12-38-15-9-28)20-37-24(32)8-13-39-16-10-29/h21,28-29H,4-20H2,1-3H3,(H,27,33). The second-order valence-electron chi connectivity index (χ2n) is 9.04. The van der Waals surface area contributed by atoms with Gasteiger partial charge in [-0.2, -0.15) is 35.3 Å². The zero-order valence-corrected chi connectivity index (χ0v) is 26.4. The molecule has 0 aliphatic heterocycles. The molecular weight excluding hydrogens is 582 g/mol. The number of amides is 1. The van der Waals surface area contributed by atoms with E-state index in [4.69, 9.17) is 29.2 Å². The number of thioether (sulfide) groups is 3. The van der Waals surface area contributed by atoms with Crippen LogP contribution in [0.25, 0.3) is 0 Å². The molecule has 0 heterocycles. The van der Waals surface area contributed by atoms with Crippen LogP contribution in [0.3, 0.4) is 0 Å². The largest absolute Gasteiger partial charge is 0.465 e. The first kappa shape index (κ1) is 38.6. The van der Waals surface area contributed by atoms with E-state index >= 15 is 0 Å². The van der Waals surface area contributed by atoms with Gasteiger partial charge in [-0.25, -0.2) is 4.79 Å². The van der Waals surface area contributed by atoms with E-state index in [0.717, 1.165) is 12.8 Å². The molecule has 0 aromatic rings. The van der Waals surface area contributed by atoms with Crippen LogP contribution in [0.5, 0.6) is 0 Å². The molecule has 0 atom stereocenters. The monoisotopic (exact) mass is 629 g/mol. The summed E-state index contributed by atoms with van der Waals surface area (Å²) in [4.78, 5) is 48.5. The van der Waals surface area contributed by atoms with Crippen molar-refractivity contribution in [3.63, 3.8) is 0 Å². The number of aliphatic hydroxyl groups excluding tert-OH is 2. The van der Waals surface area contributed by atoms with Crippen LogP contribution in [-0.2, 0) is 33.3 Å². The third-order valence-corrected chi connectivity index (χ3v) is 8.30. The number of alkyl carbamates (subject to hydrolysis) is 1. The van der Waals surface area contributed by atoms with Gasteiger partial charge >= 0.3 is 24.0 Å².